The molecule has 1 atom stereocenters. The number of ether oxygens (including phenoxy) is 2. The number of hydrogen-bond donors (Lipinski definition) is 1. The fourth-order valence-electron chi connectivity index (χ4n) is 3.22. The van der Waals surface area contributed by atoms with Crippen LogP contribution in [-0.2, 0) is 16.9 Å². The maximum atomic E-state index is 13.0. The first kappa shape index (κ1) is 16.7. The van der Waals surface area contributed by atoms with Crippen molar-refractivity contribution < 1.29 is 19.1 Å². The summed E-state index contributed by atoms with van der Waals surface area (Å²) in [5.41, 5.74) is 1.43. The molecule has 0 aromatic heterocycles. The second-order valence-electron chi connectivity index (χ2n) is 6.62. The number of nitrogens with one attached hydrogen (secondary N) is 1. The Hall–Kier alpha value is -2.73. The van der Waals surface area contributed by atoms with Gasteiger partial charge in [-0.2, -0.15) is 0 Å². The molecular weight excluding hydrogens is 356 g/mol. The van der Waals surface area contributed by atoms with Crippen molar-refractivity contribution in [1.29, 1.82) is 0 Å². The van der Waals surface area contributed by atoms with Crippen LogP contribution >= 0.6 is 11.6 Å². The van der Waals surface area contributed by atoms with Gasteiger partial charge in [-0.15, -0.1) is 0 Å². The third-order valence-electron chi connectivity index (χ3n) is 4.73. The largest absolute Gasteiger partial charge is 0.454 e. The van der Waals surface area contributed by atoms with Crippen molar-refractivity contribution in [3.8, 4) is 11.5 Å². The number of rotatable bonds is 3. The molecule has 0 spiro atoms. The monoisotopic (exact) mass is 372 g/mol. The minimum absolute atomic E-state index is 0.0997. The summed E-state index contributed by atoms with van der Waals surface area (Å²) < 4.78 is 10.6. The number of aryl methyl sites for hydroxylation is 1. The third-order valence-corrected chi connectivity index (χ3v) is 5.01. The van der Waals surface area contributed by atoms with E-state index in [0.717, 1.165) is 11.1 Å². The minimum atomic E-state index is -1.09. The summed E-state index contributed by atoms with van der Waals surface area (Å²) in [6.45, 7) is 3.89. The highest BCUT2D eigenvalue weighted by Crippen LogP contribution is 2.40. The van der Waals surface area contributed by atoms with E-state index >= 15 is 0 Å². The number of imide groups is 1. The Kier molecular flexibility index (Phi) is 3.80. The van der Waals surface area contributed by atoms with Crippen molar-refractivity contribution in [2.75, 3.05) is 6.79 Å². The van der Waals surface area contributed by atoms with Crippen LogP contribution in [0, 0.1) is 6.92 Å². The number of hydrogen-bond acceptors (Lipinski definition) is 4. The van der Waals surface area contributed by atoms with Crippen molar-refractivity contribution in [3.05, 3.63) is 58.1 Å². The number of carbonyl (C=O) groups is 2. The average Bonchev–Trinajstić information content (AvgIpc) is 3.15. The molecule has 2 aromatic carbocycles. The quantitative estimate of drug-likeness (QED) is 0.839. The van der Waals surface area contributed by atoms with Crippen LogP contribution in [0.25, 0.3) is 0 Å². The van der Waals surface area contributed by atoms with E-state index in [-0.39, 0.29) is 19.2 Å². The lowest BCUT2D eigenvalue weighted by Gasteiger charge is -2.22. The average molecular weight is 373 g/mol. The molecule has 2 aliphatic rings. The maximum Gasteiger partial charge on any atom is 0.325 e. The summed E-state index contributed by atoms with van der Waals surface area (Å²) in [5.74, 6) is 0.693. The van der Waals surface area contributed by atoms with Gasteiger partial charge in [0.2, 0.25) is 6.79 Å². The fraction of sp³-hybridized carbons (Fsp3) is 0.263. The van der Waals surface area contributed by atoms with Crippen LogP contribution in [0.5, 0.6) is 11.5 Å². The Morgan fingerprint density at radius 1 is 1.19 bits per heavy atom. The zero-order valence-electron chi connectivity index (χ0n) is 14.3. The number of amides is 3. The van der Waals surface area contributed by atoms with Gasteiger partial charge in [0, 0.05) is 0 Å². The van der Waals surface area contributed by atoms with Crippen LogP contribution in [0.1, 0.15) is 23.6 Å². The number of fused-ring (bicyclic) bond motifs is 1. The lowest BCUT2D eigenvalue weighted by molar-refractivity contribution is -0.131. The number of carbonyl (C=O) groups excluding carboxylic acids is 2. The summed E-state index contributed by atoms with van der Waals surface area (Å²) in [5, 5.41) is 3.19. The second kappa shape index (κ2) is 5.92. The van der Waals surface area contributed by atoms with Crippen molar-refractivity contribution in [2.24, 2.45) is 0 Å². The lowest BCUT2D eigenvalue weighted by Crippen LogP contribution is -2.40. The van der Waals surface area contributed by atoms with Gasteiger partial charge in [-0.25, -0.2) is 4.79 Å². The molecule has 134 valence electrons. The Morgan fingerprint density at radius 2 is 1.92 bits per heavy atom. The highest BCUT2D eigenvalue weighted by atomic mass is 35.5. The second-order valence-corrected chi connectivity index (χ2v) is 7.03. The topological polar surface area (TPSA) is 67.9 Å². The molecule has 0 bridgehead atoms. The van der Waals surface area contributed by atoms with E-state index in [1.165, 1.54) is 4.90 Å². The summed E-state index contributed by atoms with van der Waals surface area (Å²) in [4.78, 5) is 26.7. The SMILES string of the molecule is Cc1ccc(C2(C)NC(=O)N(Cc3cc(Cl)c4c(c3)OCO4)C2=O)cc1. The molecule has 0 radical (unpaired) electrons. The Balaban J connectivity index is 1.62. The van der Waals surface area contributed by atoms with Crippen molar-refractivity contribution in [1.82, 2.24) is 10.2 Å². The molecular formula is C19H17ClN2O4. The predicted molar refractivity (Wildman–Crippen MR) is 95.2 cm³/mol. The molecule has 4 rings (SSSR count). The smallest absolute Gasteiger partial charge is 0.325 e. The number of nitrogens with zero attached hydrogens (tertiary/aromatic N) is 1. The standard InChI is InChI=1S/C19H17ClN2O4/c1-11-3-5-13(6-4-11)19(2)17(23)22(18(24)21-19)9-12-7-14(20)16-15(8-12)25-10-26-16/h3-8H,9-10H2,1-2H3,(H,21,24). The lowest BCUT2D eigenvalue weighted by atomic mass is 9.91. The molecule has 1 fully saturated rings. The number of halogens is 1. The summed E-state index contributed by atoms with van der Waals surface area (Å²) in [6.07, 6.45) is 0. The van der Waals surface area contributed by atoms with E-state index < -0.39 is 11.6 Å². The number of urea groups is 1. The molecule has 2 aromatic rings. The molecule has 2 aliphatic heterocycles. The molecule has 3 amide bonds. The molecule has 1 unspecified atom stereocenters. The van der Waals surface area contributed by atoms with Crippen molar-refractivity contribution in [2.45, 2.75) is 25.9 Å². The van der Waals surface area contributed by atoms with Gasteiger partial charge in [-0.3, -0.25) is 9.69 Å². The Morgan fingerprint density at radius 3 is 2.65 bits per heavy atom. The highest BCUT2D eigenvalue weighted by molar-refractivity contribution is 6.32. The zero-order chi connectivity index (χ0) is 18.5. The summed E-state index contributed by atoms with van der Waals surface area (Å²) in [6, 6.07) is 10.5. The van der Waals surface area contributed by atoms with E-state index in [4.69, 9.17) is 21.1 Å². The molecule has 0 aliphatic carbocycles. The van der Waals surface area contributed by atoms with E-state index in [0.29, 0.717) is 22.1 Å². The van der Waals surface area contributed by atoms with Gasteiger partial charge in [0.15, 0.2) is 11.5 Å². The van der Waals surface area contributed by atoms with Gasteiger partial charge < -0.3 is 14.8 Å². The van der Waals surface area contributed by atoms with Gasteiger partial charge in [-0.1, -0.05) is 41.4 Å². The highest BCUT2D eigenvalue weighted by Gasteiger charge is 2.48. The predicted octanol–water partition coefficient (Wildman–Crippen LogP) is 3.34. The normalized spacial score (nSPS) is 21.3. The first-order chi connectivity index (χ1) is 12.4. The Bertz CT molecular complexity index is 913. The molecule has 1 saturated heterocycles. The molecule has 26 heavy (non-hydrogen) atoms. The third kappa shape index (κ3) is 2.57. The van der Waals surface area contributed by atoms with E-state index in [1.54, 1.807) is 19.1 Å². The molecule has 1 N–H and O–H groups in total. The van der Waals surface area contributed by atoms with Crippen LogP contribution in [0.15, 0.2) is 36.4 Å². The van der Waals surface area contributed by atoms with Gasteiger partial charge >= 0.3 is 6.03 Å². The van der Waals surface area contributed by atoms with Crippen LogP contribution in [0.4, 0.5) is 4.79 Å². The van der Waals surface area contributed by atoms with Crippen LogP contribution in [-0.4, -0.2) is 23.6 Å². The molecule has 7 heteroatoms. The number of benzene rings is 2. The first-order valence-corrected chi connectivity index (χ1v) is 8.55. The van der Waals surface area contributed by atoms with E-state index in [2.05, 4.69) is 5.32 Å². The van der Waals surface area contributed by atoms with Gasteiger partial charge in [0.25, 0.3) is 5.91 Å². The minimum Gasteiger partial charge on any atom is -0.454 e. The van der Waals surface area contributed by atoms with Gasteiger partial charge in [0.1, 0.15) is 5.54 Å². The van der Waals surface area contributed by atoms with Gasteiger partial charge in [0.05, 0.1) is 11.6 Å². The first-order valence-electron chi connectivity index (χ1n) is 8.18. The van der Waals surface area contributed by atoms with E-state index in [1.807, 2.05) is 31.2 Å². The van der Waals surface area contributed by atoms with E-state index in [9.17, 15) is 9.59 Å². The van der Waals surface area contributed by atoms with Crippen LogP contribution < -0.4 is 14.8 Å². The van der Waals surface area contributed by atoms with Crippen molar-refractivity contribution >= 4 is 23.5 Å². The zero-order valence-corrected chi connectivity index (χ0v) is 15.1. The summed E-state index contributed by atoms with van der Waals surface area (Å²) >= 11 is 6.19. The summed E-state index contributed by atoms with van der Waals surface area (Å²) in [7, 11) is 0. The fourth-order valence-corrected chi connectivity index (χ4v) is 3.51. The molecule has 6 nitrogen and oxygen atoms in total. The van der Waals surface area contributed by atoms with Crippen LogP contribution in [0.3, 0.4) is 0 Å². The van der Waals surface area contributed by atoms with Gasteiger partial charge in [-0.05, 0) is 37.1 Å². The van der Waals surface area contributed by atoms with Crippen LogP contribution in [0.2, 0.25) is 5.02 Å². The molecule has 0 saturated carbocycles. The van der Waals surface area contributed by atoms with Crippen molar-refractivity contribution in [3.63, 3.8) is 0 Å². The Labute approximate surface area is 155 Å². The molecule has 2 heterocycles. The maximum absolute atomic E-state index is 13.0.